The summed E-state index contributed by atoms with van der Waals surface area (Å²) in [5, 5.41) is 2.68. The number of anilines is 1. The van der Waals surface area contributed by atoms with E-state index in [9.17, 15) is 14.4 Å². The smallest absolute Gasteiger partial charge is 0.270 e. The van der Waals surface area contributed by atoms with Gasteiger partial charge in [-0.1, -0.05) is 30.3 Å². The van der Waals surface area contributed by atoms with Crippen molar-refractivity contribution < 1.29 is 23.9 Å². The molecule has 216 valence electrons. The minimum absolute atomic E-state index is 0.0422. The van der Waals surface area contributed by atoms with Gasteiger partial charge in [-0.15, -0.1) is 0 Å². The molecule has 3 aromatic carbocycles. The summed E-state index contributed by atoms with van der Waals surface area (Å²) in [5.74, 6) is -0.0396. The summed E-state index contributed by atoms with van der Waals surface area (Å²) in [6.07, 6.45) is 4.80. The van der Waals surface area contributed by atoms with E-state index in [0.29, 0.717) is 28.3 Å². The number of hydrogen-bond acceptors (Lipinski definition) is 6. The normalized spacial score (nSPS) is 16.5. The van der Waals surface area contributed by atoms with E-state index in [1.807, 2.05) is 55.1 Å². The van der Waals surface area contributed by atoms with Gasteiger partial charge in [0.15, 0.2) is 16.6 Å². The Labute approximate surface area is 250 Å². The van der Waals surface area contributed by atoms with Crippen LogP contribution in [0.5, 0.6) is 11.5 Å². The van der Waals surface area contributed by atoms with Crippen molar-refractivity contribution in [2.24, 2.45) is 0 Å². The lowest BCUT2D eigenvalue weighted by Gasteiger charge is -2.30. The standard InChI is InChI=1S/C33H33N3O5S/c1-21-8-7-9-27(22(21)2)36-32(39)26(30(37)34-33(36)42)18-24-12-15-28(29(19-24)40-3)41-20-23-10-13-25(14-11-23)31(38)35-16-5-4-6-17-35/h7-15,18-19H,4-6,16-17,20H2,1-3H3,(H,34,37,42)/b26-18+. The second-order valence-electron chi connectivity index (χ2n) is 10.4. The van der Waals surface area contributed by atoms with Crippen molar-refractivity contribution in [2.45, 2.75) is 39.7 Å². The first-order chi connectivity index (χ1) is 20.3. The Kier molecular flexibility index (Phi) is 8.68. The van der Waals surface area contributed by atoms with Crippen LogP contribution in [0, 0.1) is 13.8 Å². The summed E-state index contributed by atoms with van der Waals surface area (Å²) in [6, 6.07) is 18.2. The molecule has 8 nitrogen and oxygen atoms in total. The SMILES string of the molecule is COc1cc(/C=C2\C(=O)NC(=S)N(c3cccc(C)c3C)C2=O)ccc1OCc1ccc(C(=O)N2CCCCC2)cc1. The minimum atomic E-state index is -0.562. The number of nitrogens with zero attached hydrogens (tertiary/aromatic N) is 2. The molecule has 0 atom stereocenters. The number of carbonyl (C=O) groups is 3. The summed E-state index contributed by atoms with van der Waals surface area (Å²) in [4.78, 5) is 42.3. The van der Waals surface area contributed by atoms with Gasteiger partial charge in [-0.2, -0.15) is 0 Å². The number of benzene rings is 3. The van der Waals surface area contributed by atoms with Crippen LogP contribution in [0.2, 0.25) is 0 Å². The van der Waals surface area contributed by atoms with Gasteiger partial charge < -0.3 is 14.4 Å². The average Bonchev–Trinajstić information content (AvgIpc) is 3.00. The number of aryl methyl sites for hydroxylation is 1. The number of piperidine rings is 1. The molecule has 5 rings (SSSR count). The van der Waals surface area contributed by atoms with Crippen LogP contribution >= 0.6 is 12.2 Å². The third-order valence-electron chi connectivity index (χ3n) is 7.66. The Balaban J connectivity index is 1.30. The fourth-order valence-electron chi connectivity index (χ4n) is 5.10. The monoisotopic (exact) mass is 583 g/mol. The lowest BCUT2D eigenvalue weighted by Crippen LogP contribution is -2.54. The number of methoxy groups -OCH3 is 1. The van der Waals surface area contributed by atoms with Crippen LogP contribution in [0.3, 0.4) is 0 Å². The fraction of sp³-hybridized carbons (Fsp3) is 0.273. The van der Waals surface area contributed by atoms with Gasteiger partial charge in [-0.3, -0.25) is 24.6 Å². The molecular formula is C33H33N3O5S. The summed E-state index contributed by atoms with van der Waals surface area (Å²) in [6.45, 7) is 5.76. The molecule has 0 unspecified atom stereocenters. The molecule has 0 aromatic heterocycles. The summed E-state index contributed by atoms with van der Waals surface area (Å²) >= 11 is 5.35. The first kappa shape index (κ1) is 29.0. The van der Waals surface area contributed by atoms with Crippen LogP contribution in [-0.4, -0.2) is 47.9 Å². The predicted octanol–water partition coefficient (Wildman–Crippen LogP) is 5.35. The van der Waals surface area contributed by atoms with E-state index in [1.54, 1.807) is 24.3 Å². The molecule has 0 saturated carbocycles. The van der Waals surface area contributed by atoms with Gasteiger partial charge in [0.25, 0.3) is 17.7 Å². The number of likely N-dealkylation sites (tertiary alicyclic amines) is 1. The number of rotatable bonds is 7. The first-order valence-corrected chi connectivity index (χ1v) is 14.3. The lowest BCUT2D eigenvalue weighted by molar-refractivity contribution is -0.122. The predicted molar refractivity (Wildman–Crippen MR) is 166 cm³/mol. The molecule has 42 heavy (non-hydrogen) atoms. The van der Waals surface area contributed by atoms with Crippen molar-refractivity contribution in [3.05, 3.63) is 94.1 Å². The molecular weight excluding hydrogens is 550 g/mol. The topological polar surface area (TPSA) is 88.2 Å². The van der Waals surface area contributed by atoms with Gasteiger partial charge >= 0.3 is 0 Å². The second-order valence-corrected chi connectivity index (χ2v) is 10.8. The number of carbonyl (C=O) groups excluding carboxylic acids is 3. The molecule has 0 spiro atoms. The molecule has 2 saturated heterocycles. The van der Waals surface area contributed by atoms with Gasteiger partial charge in [0.2, 0.25) is 0 Å². The van der Waals surface area contributed by atoms with E-state index in [2.05, 4.69) is 5.32 Å². The zero-order valence-electron chi connectivity index (χ0n) is 23.9. The number of amides is 3. The quantitative estimate of drug-likeness (QED) is 0.229. The zero-order chi connectivity index (χ0) is 29.8. The second kappa shape index (κ2) is 12.6. The number of nitrogens with one attached hydrogen (secondary N) is 1. The maximum absolute atomic E-state index is 13.5. The highest BCUT2D eigenvalue weighted by molar-refractivity contribution is 7.80. The highest BCUT2D eigenvalue weighted by Gasteiger charge is 2.35. The number of thiocarbonyl (C=S) groups is 1. The van der Waals surface area contributed by atoms with Gasteiger partial charge in [0.1, 0.15) is 12.2 Å². The Hall–Kier alpha value is -4.50. The van der Waals surface area contributed by atoms with Crippen LogP contribution < -0.4 is 19.7 Å². The van der Waals surface area contributed by atoms with E-state index >= 15 is 0 Å². The molecule has 3 aromatic rings. The molecule has 0 bridgehead atoms. The van der Waals surface area contributed by atoms with Crippen molar-refractivity contribution in [2.75, 3.05) is 25.1 Å². The molecule has 2 fully saturated rings. The Bertz CT molecular complexity index is 1570. The van der Waals surface area contributed by atoms with Crippen molar-refractivity contribution in [1.29, 1.82) is 0 Å². The largest absolute Gasteiger partial charge is 0.493 e. The Morgan fingerprint density at radius 3 is 2.43 bits per heavy atom. The summed E-state index contributed by atoms with van der Waals surface area (Å²) in [5.41, 5.74) is 4.66. The van der Waals surface area contributed by atoms with Crippen molar-refractivity contribution in [3.63, 3.8) is 0 Å². The fourth-order valence-corrected chi connectivity index (χ4v) is 5.37. The Morgan fingerprint density at radius 1 is 0.976 bits per heavy atom. The van der Waals surface area contributed by atoms with Crippen LogP contribution in [0.25, 0.3) is 6.08 Å². The van der Waals surface area contributed by atoms with Crippen molar-refractivity contribution >= 4 is 46.8 Å². The lowest BCUT2D eigenvalue weighted by atomic mass is 10.0. The first-order valence-electron chi connectivity index (χ1n) is 13.9. The van der Waals surface area contributed by atoms with Crippen LogP contribution in [-0.2, 0) is 16.2 Å². The van der Waals surface area contributed by atoms with Crippen molar-refractivity contribution in [1.82, 2.24) is 10.2 Å². The summed E-state index contributed by atoms with van der Waals surface area (Å²) in [7, 11) is 1.53. The van der Waals surface area contributed by atoms with E-state index in [0.717, 1.165) is 42.6 Å². The molecule has 2 aliphatic heterocycles. The Morgan fingerprint density at radius 2 is 1.71 bits per heavy atom. The maximum Gasteiger partial charge on any atom is 0.270 e. The van der Waals surface area contributed by atoms with E-state index in [1.165, 1.54) is 24.5 Å². The molecule has 0 radical (unpaired) electrons. The minimum Gasteiger partial charge on any atom is -0.493 e. The molecule has 2 aliphatic rings. The van der Waals surface area contributed by atoms with Gasteiger partial charge in [0.05, 0.1) is 12.8 Å². The number of hydrogen-bond donors (Lipinski definition) is 1. The highest BCUT2D eigenvalue weighted by Crippen LogP contribution is 2.31. The molecule has 9 heteroatoms. The third kappa shape index (κ3) is 6.06. The highest BCUT2D eigenvalue weighted by atomic mass is 32.1. The van der Waals surface area contributed by atoms with E-state index in [-0.39, 0.29) is 23.2 Å². The van der Waals surface area contributed by atoms with Gasteiger partial charge in [-0.05, 0) is 104 Å². The third-order valence-corrected chi connectivity index (χ3v) is 7.94. The molecule has 1 N–H and O–H groups in total. The zero-order valence-corrected chi connectivity index (χ0v) is 24.8. The van der Waals surface area contributed by atoms with E-state index in [4.69, 9.17) is 21.7 Å². The maximum atomic E-state index is 13.5. The molecule has 0 aliphatic carbocycles. The molecule has 2 heterocycles. The van der Waals surface area contributed by atoms with Gasteiger partial charge in [0, 0.05) is 18.7 Å². The van der Waals surface area contributed by atoms with Crippen molar-refractivity contribution in [3.8, 4) is 11.5 Å². The number of ether oxygens (including phenoxy) is 2. The van der Waals surface area contributed by atoms with Crippen LogP contribution in [0.15, 0.2) is 66.2 Å². The van der Waals surface area contributed by atoms with Crippen LogP contribution in [0.4, 0.5) is 5.69 Å². The van der Waals surface area contributed by atoms with Crippen LogP contribution in [0.1, 0.15) is 51.9 Å². The summed E-state index contributed by atoms with van der Waals surface area (Å²) < 4.78 is 11.6. The van der Waals surface area contributed by atoms with E-state index < -0.39 is 11.8 Å². The average molecular weight is 584 g/mol. The molecule has 3 amide bonds. The van der Waals surface area contributed by atoms with Gasteiger partial charge in [-0.25, -0.2) is 0 Å².